The lowest BCUT2D eigenvalue weighted by molar-refractivity contribution is 1.06. The lowest BCUT2D eigenvalue weighted by Crippen LogP contribution is -2.17. The van der Waals surface area contributed by atoms with Crippen molar-refractivity contribution in [1.29, 1.82) is 10.7 Å². The number of nitrogens with two attached hydrogens (primary N) is 2. The molecule has 98 valence electrons. The van der Waals surface area contributed by atoms with Crippen LogP contribution >= 0.6 is 0 Å². The second kappa shape index (κ2) is 6.36. The SMILES string of the molecule is C/C(C#N)=C\C=C/Cc1cc(N)c(C(=N)N)c(C)n1. The Balaban J connectivity index is 2.88. The summed E-state index contributed by atoms with van der Waals surface area (Å²) in [4.78, 5) is 4.35. The molecule has 1 aromatic heterocycles. The van der Waals surface area contributed by atoms with Gasteiger partial charge >= 0.3 is 0 Å². The van der Waals surface area contributed by atoms with E-state index in [4.69, 9.17) is 22.1 Å². The first kappa shape index (κ1) is 14.5. The summed E-state index contributed by atoms with van der Waals surface area (Å²) < 4.78 is 0. The van der Waals surface area contributed by atoms with Gasteiger partial charge in [-0.1, -0.05) is 12.2 Å². The van der Waals surface area contributed by atoms with Gasteiger partial charge in [0.05, 0.1) is 17.3 Å². The first-order valence-corrected chi connectivity index (χ1v) is 5.79. The van der Waals surface area contributed by atoms with E-state index in [0.717, 1.165) is 5.69 Å². The summed E-state index contributed by atoms with van der Waals surface area (Å²) >= 11 is 0. The van der Waals surface area contributed by atoms with Crippen LogP contribution in [0.15, 0.2) is 29.9 Å². The molecule has 0 aliphatic rings. The van der Waals surface area contributed by atoms with E-state index >= 15 is 0 Å². The molecule has 5 N–H and O–H groups in total. The van der Waals surface area contributed by atoms with E-state index in [9.17, 15) is 0 Å². The lowest BCUT2D eigenvalue weighted by Gasteiger charge is -2.08. The van der Waals surface area contributed by atoms with Crippen molar-refractivity contribution in [3.63, 3.8) is 0 Å². The number of hydrogen-bond acceptors (Lipinski definition) is 4. The molecule has 0 aromatic carbocycles. The third-order valence-corrected chi connectivity index (χ3v) is 2.54. The van der Waals surface area contributed by atoms with E-state index < -0.39 is 0 Å². The number of aryl methyl sites for hydroxylation is 1. The molecule has 0 radical (unpaired) electrons. The highest BCUT2D eigenvalue weighted by atomic mass is 14.8. The minimum atomic E-state index is -0.0721. The fraction of sp³-hybridized carbons (Fsp3) is 0.214. The van der Waals surface area contributed by atoms with Crippen molar-refractivity contribution in [1.82, 2.24) is 4.98 Å². The first-order chi connectivity index (χ1) is 8.95. The molecular weight excluding hydrogens is 238 g/mol. The number of nitrogens with zero attached hydrogens (tertiary/aromatic N) is 2. The second-order valence-electron chi connectivity index (χ2n) is 4.17. The number of nitrogens with one attached hydrogen (secondary N) is 1. The van der Waals surface area contributed by atoms with E-state index in [1.54, 1.807) is 26.0 Å². The zero-order chi connectivity index (χ0) is 14.4. The maximum atomic E-state index is 8.59. The van der Waals surface area contributed by atoms with Gasteiger partial charge in [-0.15, -0.1) is 0 Å². The van der Waals surface area contributed by atoms with Crippen LogP contribution < -0.4 is 11.5 Å². The summed E-state index contributed by atoms with van der Waals surface area (Å²) in [6.45, 7) is 3.52. The standard InChI is InChI=1S/C14H17N5/c1-9(8-15)5-3-4-6-11-7-12(16)13(14(17)18)10(2)19-11/h3-5,7H,6H2,1-2H3,(H2,16,19)(H3,17,18)/b4-3-,9-5+. The smallest absolute Gasteiger partial charge is 0.126 e. The molecule has 5 nitrogen and oxygen atoms in total. The predicted octanol–water partition coefficient (Wildman–Crippen LogP) is 1.82. The number of allylic oxidation sites excluding steroid dienone is 4. The normalized spacial score (nSPS) is 11.5. The zero-order valence-corrected chi connectivity index (χ0v) is 11.1. The van der Waals surface area contributed by atoms with Crippen LogP contribution in [-0.2, 0) is 6.42 Å². The monoisotopic (exact) mass is 255 g/mol. The topological polar surface area (TPSA) is 113 Å². The van der Waals surface area contributed by atoms with E-state index in [2.05, 4.69) is 4.98 Å². The summed E-state index contributed by atoms with van der Waals surface area (Å²) in [5.41, 5.74) is 14.4. The van der Waals surface area contributed by atoms with E-state index in [-0.39, 0.29) is 5.84 Å². The number of nitrogen functional groups attached to an aromatic ring is 2. The number of amidine groups is 1. The van der Waals surface area contributed by atoms with Crippen molar-refractivity contribution in [3.8, 4) is 6.07 Å². The maximum absolute atomic E-state index is 8.59. The Kier molecular flexibility index (Phi) is 4.84. The van der Waals surface area contributed by atoms with Crippen LogP contribution in [0.25, 0.3) is 0 Å². The van der Waals surface area contributed by atoms with Crippen molar-refractivity contribution >= 4 is 11.5 Å². The molecule has 0 aliphatic carbocycles. The van der Waals surface area contributed by atoms with Crippen LogP contribution in [0.5, 0.6) is 0 Å². The number of hydrogen-bond donors (Lipinski definition) is 3. The predicted molar refractivity (Wildman–Crippen MR) is 76.6 cm³/mol. The summed E-state index contributed by atoms with van der Waals surface area (Å²) in [5, 5.41) is 16.0. The quantitative estimate of drug-likeness (QED) is 0.329. The summed E-state index contributed by atoms with van der Waals surface area (Å²) in [6, 6.07) is 3.76. The Morgan fingerprint density at radius 2 is 2.26 bits per heavy atom. The van der Waals surface area contributed by atoms with Gasteiger partial charge in [0.1, 0.15) is 5.84 Å². The van der Waals surface area contributed by atoms with Crippen LogP contribution in [0.1, 0.15) is 23.9 Å². The Morgan fingerprint density at radius 1 is 1.58 bits per heavy atom. The van der Waals surface area contributed by atoms with Crippen molar-refractivity contribution in [2.24, 2.45) is 5.73 Å². The van der Waals surface area contributed by atoms with E-state index in [1.807, 2.05) is 18.2 Å². The minimum Gasteiger partial charge on any atom is -0.398 e. The molecule has 0 fully saturated rings. The lowest BCUT2D eigenvalue weighted by atomic mass is 10.1. The number of rotatable bonds is 4. The zero-order valence-electron chi connectivity index (χ0n) is 11.1. The molecule has 1 rings (SSSR count). The third kappa shape index (κ3) is 3.96. The van der Waals surface area contributed by atoms with Crippen molar-refractivity contribution in [2.45, 2.75) is 20.3 Å². The molecule has 0 spiro atoms. The van der Waals surface area contributed by atoms with Gasteiger partial charge in [0.15, 0.2) is 0 Å². The number of aromatic nitrogens is 1. The molecule has 0 amide bonds. The van der Waals surface area contributed by atoms with Crippen molar-refractivity contribution in [2.75, 3.05) is 5.73 Å². The highest BCUT2D eigenvalue weighted by molar-refractivity contribution is 6.00. The summed E-state index contributed by atoms with van der Waals surface area (Å²) in [7, 11) is 0. The van der Waals surface area contributed by atoms with Crippen LogP contribution in [0.4, 0.5) is 5.69 Å². The molecule has 1 heterocycles. The van der Waals surface area contributed by atoms with Gasteiger partial charge in [-0.2, -0.15) is 5.26 Å². The highest BCUT2D eigenvalue weighted by Gasteiger charge is 2.09. The van der Waals surface area contributed by atoms with E-state index in [0.29, 0.717) is 28.9 Å². The minimum absolute atomic E-state index is 0.0721. The summed E-state index contributed by atoms with van der Waals surface area (Å²) in [6.07, 6.45) is 6.05. The largest absolute Gasteiger partial charge is 0.398 e. The van der Waals surface area contributed by atoms with Gasteiger partial charge in [-0.05, 0) is 26.0 Å². The molecule has 0 saturated carbocycles. The Hall–Kier alpha value is -2.61. The molecule has 0 bridgehead atoms. The van der Waals surface area contributed by atoms with Crippen LogP contribution in [0, 0.1) is 23.7 Å². The molecular formula is C14H17N5. The average Bonchev–Trinajstić information content (AvgIpc) is 2.33. The van der Waals surface area contributed by atoms with Crippen LogP contribution in [-0.4, -0.2) is 10.8 Å². The molecule has 0 atom stereocenters. The maximum Gasteiger partial charge on any atom is 0.126 e. The number of anilines is 1. The second-order valence-corrected chi connectivity index (χ2v) is 4.17. The Bertz CT molecular complexity index is 567. The first-order valence-electron chi connectivity index (χ1n) is 5.79. The molecule has 5 heteroatoms. The molecule has 0 aliphatic heterocycles. The van der Waals surface area contributed by atoms with Crippen LogP contribution in [0.2, 0.25) is 0 Å². The Labute approximate surface area is 112 Å². The van der Waals surface area contributed by atoms with Gasteiger partial charge in [0.2, 0.25) is 0 Å². The van der Waals surface area contributed by atoms with Gasteiger partial charge < -0.3 is 11.5 Å². The molecule has 19 heavy (non-hydrogen) atoms. The average molecular weight is 255 g/mol. The Morgan fingerprint density at radius 3 is 2.79 bits per heavy atom. The van der Waals surface area contributed by atoms with E-state index in [1.165, 1.54) is 0 Å². The van der Waals surface area contributed by atoms with Gasteiger partial charge in [0, 0.05) is 23.4 Å². The van der Waals surface area contributed by atoms with Crippen molar-refractivity contribution < 1.29 is 0 Å². The summed E-state index contributed by atoms with van der Waals surface area (Å²) in [5.74, 6) is -0.0721. The highest BCUT2D eigenvalue weighted by Crippen LogP contribution is 2.16. The third-order valence-electron chi connectivity index (χ3n) is 2.54. The fourth-order valence-electron chi connectivity index (χ4n) is 1.66. The van der Waals surface area contributed by atoms with Crippen LogP contribution in [0.3, 0.4) is 0 Å². The molecule has 1 aromatic rings. The molecule has 0 saturated heterocycles. The fourth-order valence-corrected chi connectivity index (χ4v) is 1.66. The van der Waals surface area contributed by atoms with Gasteiger partial charge in [0.25, 0.3) is 0 Å². The molecule has 0 unspecified atom stereocenters. The van der Waals surface area contributed by atoms with Gasteiger partial charge in [-0.25, -0.2) is 0 Å². The van der Waals surface area contributed by atoms with Crippen molar-refractivity contribution in [3.05, 3.63) is 46.8 Å². The number of nitriles is 1. The number of pyridine rings is 1. The van der Waals surface area contributed by atoms with Gasteiger partial charge in [-0.3, -0.25) is 10.4 Å².